The molecule has 1 rings (SSSR count). The summed E-state index contributed by atoms with van der Waals surface area (Å²) in [5.74, 6) is -0.855. The average Bonchev–Trinajstić information content (AvgIpc) is 2.14. The van der Waals surface area contributed by atoms with Crippen LogP contribution < -0.4 is 0 Å². The topological polar surface area (TPSA) is 69.4 Å². The van der Waals surface area contributed by atoms with E-state index in [4.69, 9.17) is 23.2 Å². The molecule has 80 valence electrons. The summed E-state index contributed by atoms with van der Waals surface area (Å²) in [6.45, 7) is 0. The zero-order chi connectivity index (χ0) is 11.6. The SMILES string of the molecule is COC(=O)c1cc(Cl)cc(Cl)c1[N+](=O)[O-]. The van der Waals surface area contributed by atoms with E-state index < -0.39 is 16.6 Å². The maximum Gasteiger partial charge on any atom is 0.345 e. The molecule has 15 heavy (non-hydrogen) atoms. The number of methoxy groups -OCH3 is 1. The van der Waals surface area contributed by atoms with Crippen molar-refractivity contribution in [1.29, 1.82) is 0 Å². The second-order valence-corrected chi connectivity index (χ2v) is 3.38. The van der Waals surface area contributed by atoms with Crippen molar-refractivity contribution < 1.29 is 14.5 Å². The van der Waals surface area contributed by atoms with Gasteiger partial charge in [0.1, 0.15) is 10.6 Å². The highest BCUT2D eigenvalue weighted by atomic mass is 35.5. The van der Waals surface area contributed by atoms with Gasteiger partial charge in [0.2, 0.25) is 0 Å². The molecule has 0 N–H and O–H groups in total. The van der Waals surface area contributed by atoms with Crippen LogP contribution in [0.1, 0.15) is 10.4 Å². The van der Waals surface area contributed by atoms with Gasteiger partial charge in [-0.25, -0.2) is 4.79 Å². The fourth-order valence-electron chi connectivity index (χ4n) is 1.02. The monoisotopic (exact) mass is 249 g/mol. The van der Waals surface area contributed by atoms with E-state index in [2.05, 4.69) is 4.74 Å². The number of hydrogen-bond acceptors (Lipinski definition) is 4. The van der Waals surface area contributed by atoms with Crippen molar-refractivity contribution in [3.63, 3.8) is 0 Å². The molecule has 0 fully saturated rings. The van der Waals surface area contributed by atoms with Crippen LogP contribution in [0.2, 0.25) is 10.0 Å². The molecule has 0 heterocycles. The largest absolute Gasteiger partial charge is 0.465 e. The molecular formula is C8H5Cl2NO4. The fraction of sp³-hybridized carbons (Fsp3) is 0.125. The zero-order valence-corrected chi connectivity index (χ0v) is 9.00. The smallest absolute Gasteiger partial charge is 0.345 e. The quantitative estimate of drug-likeness (QED) is 0.459. The minimum Gasteiger partial charge on any atom is -0.465 e. The Morgan fingerprint density at radius 1 is 1.47 bits per heavy atom. The predicted octanol–water partition coefficient (Wildman–Crippen LogP) is 2.69. The van der Waals surface area contributed by atoms with Crippen LogP contribution in [0.25, 0.3) is 0 Å². The number of nitro benzene ring substituents is 1. The third kappa shape index (κ3) is 2.37. The highest BCUT2D eigenvalue weighted by molar-refractivity contribution is 6.36. The minimum absolute atomic E-state index is 0.131. The second-order valence-electron chi connectivity index (χ2n) is 2.53. The Kier molecular flexibility index (Phi) is 3.49. The molecule has 0 unspecified atom stereocenters. The first kappa shape index (κ1) is 11.7. The van der Waals surface area contributed by atoms with Crippen LogP contribution in [-0.4, -0.2) is 18.0 Å². The van der Waals surface area contributed by atoms with Crippen LogP contribution >= 0.6 is 23.2 Å². The van der Waals surface area contributed by atoms with Crippen molar-refractivity contribution in [2.75, 3.05) is 7.11 Å². The van der Waals surface area contributed by atoms with Gasteiger partial charge in [0, 0.05) is 5.02 Å². The van der Waals surface area contributed by atoms with E-state index in [1.807, 2.05) is 0 Å². The first-order chi connectivity index (χ1) is 6.97. The van der Waals surface area contributed by atoms with E-state index >= 15 is 0 Å². The van der Waals surface area contributed by atoms with Crippen molar-refractivity contribution in [2.24, 2.45) is 0 Å². The van der Waals surface area contributed by atoms with E-state index in [-0.39, 0.29) is 15.6 Å². The molecule has 0 aliphatic carbocycles. The lowest BCUT2D eigenvalue weighted by Crippen LogP contribution is -2.06. The number of rotatable bonds is 2. The average molecular weight is 250 g/mol. The van der Waals surface area contributed by atoms with Crippen LogP contribution in [0.15, 0.2) is 12.1 Å². The molecular weight excluding hydrogens is 245 g/mol. The molecule has 0 radical (unpaired) electrons. The lowest BCUT2D eigenvalue weighted by Gasteiger charge is -2.03. The van der Waals surface area contributed by atoms with E-state index in [1.165, 1.54) is 6.07 Å². The number of esters is 1. The van der Waals surface area contributed by atoms with E-state index in [9.17, 15) is 14.9 Å². The summed E-state index contributed by atoms with van der Waals surface area (Å²) in [4.78, 5) is 21.1. The third-order valence-corrected chi connectivity index (χ3v) is 2.12. The Labute approximate surface area is 94.7 Å². The number of carbonyl (C=O) groups is 1. The summed E-state index contributed by atoms with van der Waals surface area (Å²) in [5.41, 5.74) is -0.770. The van der Waals surface area contributed by atoms with Gasteiger partial charge in [0.05, 0.1) is 12.0 Å². The molecule has 1 aromatic rings. The van der Waals surface area contributed by atoms with Gasteiger partial charge in [-0.15, -0.1) is 0 Å². The molecule has 0 saturated heterocycles. The number of nitro groups is 1. The standard InChI is InChI=1S/C8H5Cl2NO4/c1-15-8(12)5-2-4(9)3-6(10)7(5)11(13)14/h2-3H,1H3. The van der Waals surface area contributed by atoms with E-state index in [1.54, 1.807) is 0 Å². The molecule has 0 spiro atoms. The van der Waals surface area contributed by atoms with Gasteiger partial charge in [0.15, 0.2) is 0 Å². The number of benzene rings is 1. The third-order valence-electron chi connectivity index (χ3n) is 1.62. The lowest BCUT2D eigenvalue weighted by molar-refractivity contribution is -0.385. The Morgan fingerprint density at radius 3 is 2.53 bits per heavy atom. The highest BCUT2D eigenvalue weighted by Gasteiger charge is 2.25. The van der Waals surface area contributed by atoms with Crippen molar-refractivity contribution in [3.05, 3.63) is 37.9 Å². The zero-order valence-electron chi connectivity index (χ0n) is 7.49. The van der Waals surface area contributed by atoms with Crippen molar-refractivity contribution in [2.45, 2.75) is 0 Å². The van der Waals surface area contributed by atoms with E-state index in [0.717, 1.165) is 13.2 Å². The fourth-order valence-corrected chi connectivity index (χ4v) is 1.58. The van der Waals surface area contributed by atoms with Gasteiger partial charge >= 0.3 is 11.7 Å². The van der Waals surface area contributed by atoms with E-state index in [0.29, 0.717) is 0 Å². The number of halogens is 2. The molecule has 0 bridgehead atoms. The van der Waals surface area contributed by atoms with Gasteiger partial charge in [-0.05, 0) is 12.1 Å². The Morgan fingerprint density at radius 2 is 2.07 bits per heavy atom. The summed E-state index contributed by atoms with van der Waals surface area (Å²) < 4.78 is 4.38. The maximum atomic E-state index is 11.2. The molecule has 0 aromatic heterocycles. The first-order valence-electron chi connectivity index (χ1n) is 3.69. The lowest BCUT2D eigenvalue weighted by atomic mass is 10.2. The maximum absolute atomic E-state index is 11.2. The molecule has 0 aliphatic rings. The predicted molar refractivity (Wildman–Crippen MR) is 54.5 cm³/mol. The molecule has 7 heteroatoms. The Bertz CT molecular complexity index is 433. The molecule has 0 amide bonds. The van der Waals surface area contributed by atoms with Crippen molar-refractivity contribution in [1.82, 2.24) is 0 Å². The Balaban J connectivity index is 3.46. The summed E-state index contributed by atoms with van der Waals surface area (Å²) in [6.07, 6.45) is 0. The molecule has 5 nitrogen and oxygen atoms in total. The summed E-state index contributed by atoms with van der Waals surface area (Å²) in [7, 11) is 1.11. The Hall–Kier alpha value is -1.33. The van der Waals surface area contributed by atoms with Gasteiger partial charge in [-0.3, -0.25) is 10.1 Å². The second kappa shape index (κ2) is 4.46. The highest BCUT2D eigenvalue weighted by Crippen LogP contribution is 2.32. The van der Waals surface area contributed by atoms with Crippen molar-refractivity contribution in [3.8, 4) is 0 Å². The molecule has 0 aliphatic heterocycles. The van der Waals surface area contributed by atoms with Crippen LogP contribution in [-0.2, 0) is 4.74 Å². The van der Waals surface area contributed by atoms with Gasteiger partial charge < -0.3 is 4.74 Å². The molecule has 0 atom stereocenters. The minimum atomic E-state index is -0.855. The number of hydrogen-bond donors (Lipinski definition) is 0. The van der Waals surface area contributed by atoms with Gasteiger partial charge in [0.25, 0.3) is 0 Å². The van der Waals surface area contributed by atoms with Crippen LogP contribution in [0.3, 0.4) is 0 Å². The van der Waals surface area contributed by atoms with Crippen molar-refractivity contribution >= 4 is 34.9 Å². The molecule has 0 saturated carbocycles. The molecule has 1 aromatic carbocycles. The number of nitrogens with zero attached hydrogens (tertiary/aromatic N) is 1. The summed E-state index contributed by atoms with van der Waals surface area (Å²) in [5, 5.41) is 10.6. The van der Waals surface area contributed by atoms with Crippen LogP contribution in [0.4, 0.5) is 5.69 Å². The number of ether oxygens (including phenoxy) is 1. The summed E-state index contributed by atoms with van der Waals surface area (Å²) >= 11 is 11.2. The summed E-state index contributed by atoms with van der Waals surface area (Å²) in [6, 6.07) is 2.32. The first-order valence-corrected chi connectivity index (χ1v) is 4.44. The van der Waals surface area contributed by atoms with Gasteiger partial charge in [-0.1, -0.05) is 23.2 Å². The number of carbonyl (C=O) groups excluding carboxylic acids is 1. The van der Waals surface area contributed by atoms with Gasteiger partial charge in [-0.2, -0.15) is 0 Å². The van der Waals surface area contributed by atoms with Crippen LogP contribution in [0, 0.1) is 10.1 Å². The van der Waals surface area contributed by atoms with Crippen LogP contribution in [0.5, 0.6) is 0 Å². The normalized spacial score (nSPS) is 9.80.